The van der Waals surface area contributed by atoms with E-state index in [1.807, 2.05) is 0 Å². The van der Waals surface area contributed by atoms with Crippen molar-refractivity contribution in [2.45, 2.75) is 24.7 Å². The van der Waals surface area contributed by atoms with E-state index < -0.39 is 120 Å². The first-order valence-corrected chi connectivity index (χ1v) is 12.5. The number of benzene rings is 3. The zero-order valence-electron chi connectivity index (χ0n) is 23.6. The van der Waals surface area contributed by atoms with E-state index in [-0.39, 0.29) is 12.1 Å². The third kappa shape index (κ3) is 6.69. The van der Waals surface area contributed by atoms with E-state index in [0.717, 1.165) is 12.1 Å². The topological polar surface area (TPSA) is 167 Å². The van der Waals surface area contributed by atoms with Gasteiger partial charge in [-0.1, -0.05) is 0 Å². The van der Waals surface area contributed by atoms with E-state index in [2.05, 4.69) is 0 Å². The molecule has 0 radical (unpaired) electrons. The molecular weight excluding hydrogens is 698 g/mol. The number of hydrogen-bond donors (Lipinski definition) is 0. The molecule has 0 heterocycles. The number of nitrogens with zero attached hydrogens (tertiary/aromatic N) is 7. The van der Waals surface area contributed by atoms with Gasteiger partial charge >= 0.3 is 24.7 Å². The molecule has 0 aliphatic carbocycles. The Bertz CT molecular complexity index is 2400. The van der Waals surface area contributed by atoms with Crippen LogP contribution in [0.2, 0.25) is 0 Å². The second-order valence-electron chi connectivity index (χ2n) is 9.51. The molecule has 0 spiro atoms. The Labute approximate surface area is 270 Å². The van der Waals surface area contributed by atoms with E-state index >= 15 is 0 Å². The van der Waals surface area contributed by atoms with Gasteiger partial charge in [-0.05, 0) is 30.3 Å². The first-order chi connectivity index (χ1) is 23.0. The molecule has 50 heavy (non-hydrogen) atoms. The van der Waals surface area contributed by atoms with Crippen molar-refractivity contribution >= 4 is 11.1 Å². The molecule has 0 fully saturated rings. The zero-order chi connectivity index (χ0) is 38.1. The van der Waals surface area contributed by atoms with Gasteiger partial charge in [-0.2, -0.15) is 89.5 Å². The summed E-state index contributed by atoms with van der Waals surface area (Å²) in [7, 11) is 0. The lowest BCUT2D eigenvalue weighted by atomic mass is 9.87. The first-order valence-electron chi connectivity index (χ1n) is 12.5. The molecule has 0 aliphatic rings. The summed E-state index contributed by atoms with van der Waals surface area (Å²) >= 11 is 0. The number of hydrogen-bond acceptors (Lipinski definition) is 7. The maximum absolute atomic E-state index is 14.1. The molecule has 19 heteroatoms. The molecule has 0 saturated carbocycles. The van der Waals surface area contributed by atoms with Crippen LogP contribution in [0.4, 0.5) is 52.7 Å². The maximum atomic E-state index is 14.1. The van der Waals surface area contributed by atoms with Gasteiger partial charge in [-0.25, -0.2) is 0 Å². The normalized spacial score (nSPS) is 12.9. The van der Waals surface area contributed by atoms with Gasteiger partial charge in [0.25, 0.3) is 0 Å². The Morgan fingerprint density at radius 2 is 0.760 bits per heavy atom. The Balaban J connectivity index is 2.81. The SMILES string of the molecule is N#C/C(c1cc(C#N)c(C(F)(F)F)cc1C(F)(F)F)=c1/cc(C#N)/c(=C(/C#N)c2cc(C#N)c(C(F)(F)F)cc2C(F)(F)F)c(C#N)c1C#N. The molecule has 3 aromatic carbocycles. The highest BCUT2D eigenvalue weighted by molar-refractivity contribution is 5.85. The van der Waals surface area contributed by atoms with Crippen molar-refractivity contribution in [2.75, 3.05) is 0 Å². The largest absolute Gasteiger partial charge is 0.417 e. The number of halogens is 12. The van der Waals surface area contributed by atoms with E-state index in [0.29, 0.717) is 6.07 Å². The summed E-state index contributed by atoms with van der Waals surface area (Å²) in [6, 6.07) is 7.42. The van der Waals surface area contributed by atoms with E-state index in [9.17, 15) is 89.5 Å². The first kappa shape index (κ1) is 37.4. The number of nitriles is 7. The average Bonchev–Trinajstić information content (AvgIpc) is 3.02. The summed E-state index contributed by atoms with van der Waals surface area (Å²) in [5, 5.41) is 65.8. The molecule has 3 rings (SSSR count). The Hall–Kier alpha value is -7.01. The van der Waals surface area contributed by atoms with Crippen molar-refractivity contribution in [1.29, 1.82) is 36.8 Å². The molecule has 0 N–H and O–H groups in total. The van der Waals surface area contributed by atoms with Crippen molar-refractivity contribution in [3.05, 3.63) is 102 Å². The predicted octanol–water partition coefficient (Wildman–Crippen LogP) is 6.57. The van der Waals surface area contributed by atoms with Crippen LogP contribution >= 0.6 is 0 Å². The average molecular weight is 703 g/mol. The molecule has 0 saturated heterocycles. The standard InChI is InChI=1S/C31H5F12N7/c32-28(33,34)23-4-25(30(38,39)40)17(1-13(23)6-44)19(9-47)16-3-15(8-46)27(22(12-50)20(16)10-48)21(11-49)18-2-14(7-45)24(29(35,36)37)5-26(18)31(41,42)43/h1-5H/b19-16+,27-21+. The van der Waals surface area contributed by atoms with Gasteiger partial charge in [0.2, 0.25) is 0 Å². The lowest BCUT2D eigenvalue weighted by Crippen LogP contribution is -2.27. The lowest BCUT2D eigenvalue weighted by molar-refractivity contribution is -0.144. The van der Waals surface area contributed by atoms with Crippen molar-refractivity contribution in [1.82, 2.24) is 0 Å². The van der Waals surface area contributed by atoms with E-state index in [1.54, 1.807) is 0 Å². The van der Waals surface area contributed by atoms with Gasteiger partial charge in [0.05, 0.1) is 79.4 Å². The van der Waals surface area contributed by atoms with Gasteiger partial charge in [0.1, 0.15) is 24.3 Å². The molecule has 3 aromatic rings. The summed E-state index contributed by atoms with van der Waals surface area (Å²) in [6.45, 7) is 0. The van der Waals surface area contributed by atoms with Crippen LogP contribution in [0.1, 0.15) is 61.2 Å². The number of alkyl halides is 12. The van der Waals surface area contributed by atoms with Gasteiger partial charge in [0, 0.05) is 21.6 Å². The molecule has 0 amide bonds. The maximum Gasteiger partial charge on any atom is 0.417 e. The van der Waals surface area contributed by atoms with Crippen molar-refractivity contribution in [2.24, 2.45) is 0 Å². The van der Waals surface area contributed by atoms with Crippen molar-refractivity contribution in [3.8, 4) is 42.5 Å². The minimum Gasteiger partial charge on any atom is -0.192 e. The molecule has 0 aromatic heterocycles. The van der Waals surface area contributed by atoms with Gasteiger partial charge in [0.15, 0.2) is 0 Å². The third-order valence-corrected chi connectivity index (χ3v) is 6.73. The highest BCUT2D eigenvalue weighted by Crippen LogP contribution is 2.42. The van der Waals surface area contributed by atoms with Gasteiger partial charge < -0.3 is 0 Å². The quantitative estimate of drug-likeness (QED) is 0.272. The molecular formula is C31H5F12N7. The van der Waals surface area contributed by atoms with E-state index in [1.165, 1.54) is 30.3 Å². The zero-order valence-corrected chi connectivity index (χ0v) is 23.6. The van der Waals surface area contributed by atoms with Crippen LogP contribution in [0.15, 0.2) is 30.3 Å². The fourth-order valence-corrected chi connectivity index (χ4v) is 4.71. The summed E-state index contributed by atoms with van der Waals surface area (Å²) in [6.07, 6.45) is -22.5. The van der Waals surface area contributed by atoms with Crippen LogP contribution in [-0.4, -0.2) is 0 Å². The predicted molar refractivity (Wildman–Crippen MR) is 138 cm³/mol. The molecule has 7 nitrogen and oxygen atoms in total. The second kappa shape index (κ2) is 12.9. The smallest absolute Gasteiger partial charge is 0.192 e. The fourth-order valence-electron chi connectivity index (χ4n) is 4.71. The molecule has 0 bridgehead atoms. The van der Waals surface area contributed by atoms with Crippen molar-refractivity contribution in [3.63, 3.8) is 0 Å². The van der Waals surface area contributed by atoms with Crippen LogP contribution in [0, 0.1) is 79.3 Å². The van der Waals surface area contributed by atoms with Crippen LogP contribution in [0.25, 0.3) is 11.1 Å². The van der Waals surface area contributed by atoms with Gasteiger partial charge in [-0.15, -0.1) is 0 Å². The monoisotopic (exact) mass is 703 g/mol. The minimum absolute atomic E-state index is 0.00851. The fraction of sp³-hybridized carbons (Fsp3) is 0.129. The van der Waals surface area contributed by atoms with E-state index in [4.69, 9.17) is 0 Å². The lowest BCUT2D eigenvalue weighted by Gasteiger charge is -2.18. The summed E-state index contributed by atoms with van der Waals surface area (Å²) in [4.78, 5) is 0. The van der Waals surface area contributed by atoms with Gasteiger partial charge in [-0.3, -0.25) is 0 Å². The third-order valence-electron chi connectivity index (χ3n) is 6.73. The molecule has 0 atom stereocenters. The molecule has 0 unspecified atom stereocenters. The molecule has 0 aliphatic heterocycles. The summed E-state index contributed by atoms with van der Waals surface area (Å²) in [5.74, 6) is 0. The van der Waals surface area contributed by atoms with Crippen LogP contribution in [0.5, 0.6) is 0 Å². The minimum atomic E-state index is -5.71. The van der Waals surface area contributed by atoms with Crippen LogP contribution in [0.3, 0.4) is 0 Å². The highest BCUT2D eigenvalue weighted by Gasteiger charge is 2.43. The van der Waals surface area contributed by atoms with Crippen LogP contribution in [-0.2, 0) is 24.7 Å². The highest BCUT2D eigenvalue weighted by atomic mass is 19.4. The Morgan fingerprint density at radius 3 is 1.06 bits per heavy atom. The number of rotatable bonds is 2. The Morgan fingerprint density at radius 1 is 0.400 bits per heavy atom. The summed E-state index contributed by atoms with van der Waals surface area (Å²) in [5.41, 5.74) is -20.9. The second-order valence-corrected chi connectivity index (χ2v) is 9.51. The van der Waals surface area contributed by atoms with Crippen molar-refractivity contribution < 1.29 is 52.7 Å². The summed E-state index contributed by atoms with van der Waals surface area (Å²) < 4.78 is 166. The molecule has 248 valence electrons. The Kier molecular flexibility index (Phi) is 9.65. The van der Waals surface area contributed by atoms with Crippen LogP contribution < -0.4 is 10.4 Å².